The van der Waals surface area contributed by atoms with Crippen LogP contribution in [0.25, 0.3) is 0 Å². The minimum atomic E-state index is -4.40. The largest absolute Gasteiger partial charge is 0.444 e. The zero-order chi connectivity index (χ0) is 17.3. The molecule has 1 aliphatic rings. The number of hydrogen-bond donors (Lipinski definition) is 1. The van der Waals surface area contributed by atoms with Crippen molar-refractivity contribution in [2.24, 2.45) is 0 Å². The van der Waals surface area contributed by atoms with E-state index in [2.05, 4.69) is 26.2 Å². The molecule has 1 saturated heterocycles. The Morgan fingerprint density at radius 1 is 1.33 bits per heavy atom. The van der Waals surface area contributed by atoms with Crippen molar-refractivity contribution < 1.29 is 22.4 Å². The number of halogens is 4. The smallest absolute Gasteiger partial charge is 0.417 e. The van der Waals surface area contributed by atoms with Crippen molar-refractivity contribution in [3.8, 4) is 0 Å². The van der Waals surface area contributed by atoms with Gasteiger partial charge in [0.1, 0.15) is 5.82 Å². The summed E-state index contributed by atoms with van der Waals surface area (Å²) in [4.78, 5) is 17.7. The van der Waals surface area contributed by atoms with Crippen LogP contribution in [0, 0.1) is 0 Å². The number of carbonyl (C=O) groups excluding carboxylic acids is 1. The molecule has 2 aromatic heterocycles. The topological polar surface area (TPSA) is 58.4 Å². The molecule has 5 nitrogen and oxygen atoms in total. The number of nitrogens with one attached hydrogen (secondary N) is 1. The quantitative estimate of drug-likeness (QED) is 0.852. The first kappa shape index (κ1) is 16.8. The second-order valence-electron chi connectivity index (χ2n) is 5.41. The average molecular weight is 404 g/mol. The summed E-state index contributed by atoms with van der Waals surface area (Å²) in [5.41, 5.74) is -0.779. The molecule has 1 fully saturated rings. The lowest BCUT2D eigenvalue weighted by Crippen LogP contribution is -2.37. The highest BCUT2D eigenvalue weighted by atomic mass is 79.9. The second kappa shape index (κ2) is 6.46. The molecule has 0 saturated carbocycles. The first-order valence-corrected chi connectivity index (χ1v) is 7.96. The number of hydrogen-bond acceptors (Lipinski definition) is 4. The highest BCUT2D eigenvalue weighted by Gasteiger charge is 2.31. The molecular weight excluding hydrogens is 391 g/mol. The summed E-state index contributed by atoms with van der Waals surface area (Å²) < 4.78 is 43.3. The van der Waals surface area contributed by atoms with E-state index in [4.69, 9.17) is 4.42 Å². The van der Waals surface area contributed by atoms with Crippen molar-refractivity contribution >= 4 is 27.7 Å². The molecule has 1 atom stereocenters. The summed E-state index contributed by atoms with van der Waals surface area (Å²) in [5, 5.41) is 2.84. The van der Waals surface area contributed by atoms with Gasteiger partial charge in [0.15, 0.2) is 10.4 Å². The van der Waals surface area contributed by atoms with Gasteiger partial charge in [0, 0.05) is 25.3 Å². The van der Waals surface area contributed by atoms with Crippen molar-refractivity contribution in [1.82, 2.24) is 10.3 Å². The van der Waals surface area contributed by atoms with Gasteiger partial charge in [-0.25, -0.2) is 4.98 Å². The van der Waals surface area contributed by atoms with Crippen LogP contribution >= 0.6 is 15.9 Å². The van der Waals surface area contributed by atoms with Gasteiger partial charge in [-0.3, -0.25) is 4.79 Å². The van der Waals surface area contributed by atoms with Gasteiger partial charge in [-0.05, 0) is 46.6 Å². The Bertz CT molecular complexity index is 730. The molecule has 0 bridgehead atoms. The maximum atomic E-state index is 12.6. The average Bonchev–Trinajstić information content (AvgIpc) is 3.16. The van der Waals surface area contributed by atoms with Crippen LogP contribution < -0.4 is 10.2 Å². The normalized spacial score (nSPS) is 18.0. The minimum absolute atomic E-state index is 0.120. The summed E-state index contributed by atoms with van der Waals surface area (Å²) in [6, 6.07) is 5.42. The number of aromatic nitrogens is 1. The van der Waals surface area contributed by atoms with Crippen molar-refractivity contribution in [2.75, 3.05) is 18.0 Å². The first-order chi connectivity index (χ1) is 11.3. The maximum absolute atomic E-state index is 12.6. The monoisotopic (exact) mass is 403 g/mol. The second-order valence-corrected chi connectivity index (χ2v) is 6.19. The van der Waals surface area contributed by atoms with Gasteiger partial charge in [0.05, 0.1) is 5.56 Å². The van der Waals surface area contributed by atoms with Crippen molar-refractivity contribution in [3.63, 3.8) is 0 Å². The van der Waals surface area contributed by atoms with E-state index in [0.29, 0.717) is 30.0 Å². The van der Waals surface area contributed by atoms with E-state index in [1.54, 1.807) is 12.1 Å². The van der Waals surface area contributed by atoms with Gasteiger partial charge in [0.25, 0.3) is 5.91 Å². The minimum Gasteiger partial charge on any atom is -0.444 e. The van der Waals surface area contributed by atoms with Crippen LogP contribution in [-0.4, -0.2) is 30.0 Å². The van der Waals surface area contributed by atoms with Crippen LogP contribution in [0.4, 0.5) is 19.0 Å². The van der Waals surface area contributed by atoms with Crippen molar-refractivity contribution in [2.45, 2.75) is 18.6 Å². The molecule has 3 rings (SSSR count). The van der Waals surface area contributed by atoms with Crippen LogP contribution in [0.3, 0.4) is 0 Å². The Labute approximate surface area is 144 Å². The lowest BCUT2D eigenvalue weighted by atomic mass is 10.2. The fourth-order valence-corrected chi connectivity index (χ4v) is 2.83. The molecule has 0 aromatic carbocycles. The number of pyridine rings is 1. The molecule has 0 aliphatic carbocycles. The van der Waals surface area contributed by atoms with Crippen LogP contribution in [0.15, 0.2) is 39.5 Å². The van der Waals surface area contributed by atoms with Gasteiger partial charge in [0.2, 0.25) is 0 Å². The Balaban J connectivity index is 1.60. The number of carbonyl (C=O) groups is 1. The molecule has 3 heterocycles. The number of furan rings is 1. The van der Waals surface area contributed by atoms with E-state index in [0.717, 1.165) is 12.3 Å². The highest BCUT2D eigenvalue weighted by molar-refractivity contribution is 9.10. The van der Waals surface area contributed by atoms with Gasteiger partial charge < -0.3 is 14.6 Å². The predicted molar refractivity (Wildman–Crippen MR) is 83.7 cm³/mol. The third-order valence-electron chi connectivity index (χ3n) is 3.72. The molecule has 2 aromatic rings. The maximum Gasteiger partial charge on any atom is 0.417 e. The van der Waals surface area contributed by atoms with E-state index in [-0.39, 0.29) is 17.7 Å². The summed E-state index contributed by atoms with van der Waals surface area (Å²) in [5.74, 6) is 0.335. The van der Waals surface area contributed by atoms with Gasteiger partial charge in [-0.15, -0.1) is 0 Å². The molecule has 24 heavy (non-hydrogen) atoms. The number of rotatable bonds is 3. The Hall–Kier alpha value is -2.03. The Morgan fingerprint density at radius 3 is 2.71 bits per heavy atom. The lowest BCUT2D eigenvalue weighted by molar-refractivity contribution is -0.137. The number of anilines is 1. The lowest BCUT2D eigenvalue weighted by Gasteiger charge is -2.18. The van der Waals surface area contributed by atoms with Gasteiger partial charge in [-0.2, -0.15) is 13.2 Å². The fraction of sp³-hybridized carbons (Fsp3) is 0.333. The highest BCUT2D eigenvalue weighted by Crippen LogP contribution is 2.30. The first-order valence-electron chi connectivity index (χ1n) is 7.17. The van der Waals surface area contributed by atoms with Crippen LogP contribution in [-0.2, 0) is 6.18 Å². The predicted octanol–water partition coefficient (Wildman–Crippen LogP) is 3.46. The van der Waals surface area contributed by atoms with Gasteiger partial charge in [-0.1, -0.05) is 0 Å². The molecule has 9 heteroatoms. The summed E-state index contributed by atoms with van der Waals surface area (Å²) in [6.45, 7) is 1.08. The molecule has 0 radical (unpaired) electrons. The van der Waals surface area contributed by atoms with E-state index >= 15 is 0 Å². The molecule has 0 spiro atoms. The van der Waals surface area contributed by atoms with E-state index in [1.165, 1.54) is 6.07 Å². The number of nitrogens with zero attached hydrogens (tertiary/aromatic N) is 2. The Kier molecular flexibility index (Phi) is 4.53. The van der Waals surface area contributed by atoms with Crippen LogP contribution in [0.5, 0.6) is 0 Å². The molecule has 1 amide bonds. The van der Waals surface area contributed by atoms with Gasteiger partial charge >= 0.3 is 6.18 Å². The summed E-state index contributed by atoms with van der Waals surface area (Å²) >= 11 is 3.13. The SMILES string of the molecule is O=C(N[C@@H]1CCN(c2ccc(C(F)(F)F)cn2)C1)c1ccc(Br)o1. The van der Waals surface area contributed by atoms with E-state index in [9.17, 15) is 18.0 Å². The zero-order valence-electron chi connectivity index (χ0n) is 12.3. The van der Waals surface area contributed by atoms with Crippen molar-refractivity contribution in [1.29, 1.82) is 0 Å². The number of alkyl halides is 3. The number of amides is 1. The fourth-order valence-electron chi connectivity index (χ4n) is 2.52. The van der Waals surface area contributed by atoms with Crippen LogP contribution in [0.1, 0.15) is 22.5 Å². The molecule has 128 valence electrons. The zero-order valence-corrected chi connectivity index (χ0v) is 13.9. The molecule has 1 aliphatic heterocycles. The molecule has 1 N–H and O–H groups in total. The third-order valence-corrected chi connectivity index (χ3v) is 4.15. The summed E-state index contributed by atoms with van der Waals surface area (Å²) in [7, 11) is 0. The Morgan fingerprint density at radius 2 is 2.12 bits per heavy atom. The third kappa shape index (κ3) is 3.72. The summed E-state index contributed by atoms with van der Waals surface area (Å²) in [6.07, 6.45) is -2.90. The van der Waals surface area contributed by atoms with Crippen molar-refractivity contribution in [3.05, 3.63) is 46.5 Å². The molecule has 0 unspecified atom stereocenters. The molecular formula is C15H13BrF3N3O2. The standard InChI is InChI=1S/C15H13BrF3N3O2/c16-12-3-2-11(24-12)14(23)21-10-5-6-22(8-10)13-4-1-9(7-20-13)15(17,18)19/h1-4,7,10H,5-6,8H2,(H,21,23)/t10-/m1/s1. The van der Waals surface area contributed by atoms with E-state index < -0.39 is 11.7 Å². The van der Waals surface area contributed by atoms with Crippen LogP contribution in [0.2, 0.25) is 0 Å². The van der Waals surface area contributed by atoms with E-state index in [1.807, 2.05) is 4.90 Å².